The number of hydrogen-bond donors (Lipinski definition) is 0. The molecule has 1 aliphatic rings. The highest BCUT2D eigenvalue weighted by Crippen LogP contribution is 2.35. The van der Waals surface area contributed by atoms with Crippen LogP contribution in [0.5, 0.6) is 11.5 Å². The molecule has 0 aliphatic carbocycles. The van der Waals surface area contributed by atoms with Gasteiger partial charge in [-0.05, 0) is 29.3 Å². The molecule has 0 amide bonds. The van der Waals surface area contributed by atoms with Crippen molar-refractivity contribution in [2.45, 2.75) is 6.61 Å². The Morgan fingerprint density at radius 3 is 2.36 bits per heavy atom. The molecule has 0 saturated heterocycles. The maximum Gasteiger partial charge on any atom is 0.231 e. The van der Waals surface area contributed by atoms with E-state index in [0.717, 1.165) is 11.1 Å². The van der Waals surface area contributed by atoms with Crippen LogP contribution in [0.25, 0.3) is 6.08 Å². The fraction of sp³-hybridized carbons (Fsp3) is 0.0455. The highest BCUT2D eigenvalue weighted by molar-refractivity contribution is 6.14. The topological polar surface area (TPSA) is 35.5 Å². The second kappa shape index (κ2) is 6.65. The van der Waals surface area contributed by atoms with Crippen LogP contribution >= 0.6 is 0 Å². The Kier molecular flexibility index (Phi) is 4.05. The van der Waals surface area contributed by atoms with E-state index in [9.17, 15) is 4.79 Å². The van der Waals surface area contributed by atoms with Gasteiger partial charge in [0.2, 0.25) is 5.78 Å². The summed E-state index contributed by atoms with van der Waals surface area (Å²) in [6, 6.07) is 24.9. The van der Waals surface area contributed by atoms with Crippen molar-refractivity contribution in [1.29, 1.82) is 0 Å². The zero-order valence-corrected chi connectivity index (χ0v) is 13.5. The monoisotopic (exact) mass is 328 g/mol. The zero-order chi connectivity index (χ0) is 17.1. The maximum absolute atomic E-state index is 12.5. The number of ether oxygens (including phenoxy) is 2. The lowest BCUT2D eigenvalue weighted by Gasteiger charge is -2.07. The molecular weight excluding hydrogens is 312 g/mol. The largest absolute Gasteiger partial charge is 0.489 e. The standard InChI is InChI=1S/C22H16O3/c23-22-19-12-11-18(24-15-17-9-5-2-6-10-17)14-20(19)25-21(22)13-16-7-3-1-4-8-16/h1-14H,15H2. The van der Waals surface area contributed by atoms with E-state index in [0.29, 0.717) is 29.4 Å². The molecule has 0 bridgehead atoms. The van der Waals surface area contributed by atoms with Crippen molar-refractivity contribution in [3.05, 3.63) is 101 Å². The molecule has 3 aromatic carbocycles. The fourth-order valence-corrected chi connectivity index (χ4v) is 2.70. The van der Waals surface area contributed by atoms with Gasteiger partial charge >= 0.3 is 0 Å². The van der Waals surface area contributed by atoms with Gasteiger partial charge in [0.15, 0.2) is 5.76 Å². The Bertz CT molecular complexity index is 928. The second-order valence-electron chi connectivity index (χ2n) is 5.78. The van der Waals surface area contributed by atoms with Crippen LogP contribution in [0, 0.1) is 0 Å². The quantitative estimate of drug-likeness (QED) is 0.640. The zero-order valence-electron chi connectivity index (χ0n) is 13.5. The molecule has 0 fully saturated rings. The van der Waals surface area contributed by atoms with Crippen LogP contribution in [0.3, 0.4) is 0 Å². The third-order valence-corrected chi connectivity index (χ3v) is 3.99. The van der Waals surface area contributed by atoms with Crippen LogP contribution in [0.1, 0.15) is 21.5 Å². The summed E-state index contributed by atoms with van der Waals surface area (Å²) in [5, 5.41) is 0. The van der Waals surface area contributed by atoms with Gasteiger partial charge in [0.05, 0.1) is 5.56 Å². The summed E-state index contributed by atoms with van der Waals surface area (Å²) in [5.74, 6) is 1.45. The molecule has 0 saturated carbocycles. The van der Waals surface area contributed by atoms with Crippen molar-refractivity contribution in [2.24, 2.45) is 0 Å². The van der Waals surface area contributed by atoms with E-state index in [-0.39, 0.29) is 5.78 Å². The normalized spacial score (nSPS) is 14.2. The van der Waals surface area contributed by atoms with E-state index in [2.05, 4.69) is 0 Å². The first kappa shape index (κ1) is 15.2. The lowest BCUT2D eigenvalue weighted by molar-refractivity contribution is 0.101. The number of carbonyl (C=O) groups excluding carboxylic acids is 1. The Morgan fingerprint density at radius 2 is 1.60 bits per heavy atom. The number of Topliss-reactive ketones (excluding diaryl/α,β-unsaturated/α-hetero) is 1. The predicted octanol–water partition coefficient (Wildman–Crippen LogP) is 4.88. The summed E-state index contributed by atoms with van der Waals surface area (Å²) in [6.45, 7) is 0.473. The van der Waals surface area contributed by atoms with Gasteiger partial charge in [-0.25, -0.2) is 0 Å². The van der Waals surface area contributed by atoms with Gasteiger partial charge in [0.25, 0.3) is 0 Å². The summed E-state index contributed by atoms with van der Waals surface area (Å²) >= 11 is 0. The molecule has 4 rings (SSSR count). The maximum atomic E-state index is 12.5. The molecule has 0 atom stereocenters. The van der Waals surface area contributed by atoms with Crippen LogP contribution in [0.4, 0.5) is 0 Å². The number of carbonyl (C=O) groups is 1. The van der Waals surface area contributed by atoms with Gasteiger partial charge < -0.3 is 9.47 Å². The number of ketones is 1. The van der Waals surface area contributed by atoms with Gasteiger partial charge in [-0.3, -0.25) is 4.79 Å². The highest BCUT2D eigenvalue weighted by atomic mass is 16.5. The number of hydrogen-bond acceptors (Lipinski definition) is 3. The highest BCUT2D eigenvalue weighted by Gasteiger charge is 2.27. The summed E-state index contributed by atoms with van der Waals surface area (Å²) in [7, 11) is 0. The van der Waals surface area contributed by atoms with Crippen molar-refractivity contribution in [3.8, 4) is 11.5 Å². The van der Waals surface area contributed by atoms with E-state index in [4.69, 9.17) is 9.47 Å². The minimum Gasteiger partial charge on any atom is -0.489 e. The molecule has 122 valence electrons. The third-order valence-electron chi connectivity index (χ3n) is 3.99. The molecule has 3 aromatic rings. The van der Waals surface area contributed by atoms with Crippen LogP contribution < -0.4 is 9.47 Å². The van der Waals surface area contributed by atoms with E-state index in [1.807, 2.05) is 60.7 Å². The second-order valence-corrected chi connectivity index (χ2v) is 5.78. The molecule has 25 heavy (non-hydrogen) atoms. The minimum atomic E-state index is -0.103. The first-order chi connectivity index (χ1) is 12.3. The van der Waals surface area contributed by atoms with Gasteiger partial charge in [-0.15, -0.1) is 0 Å². The average Bonchev–Trinajstić information content (AvgIpc) is 2.97. The Hall–Kier alpha value is -3.33. The van der Waals surface area contributed by atoms with Crippen molar-refractivity contribution >= 4 is 11.9 Å². The Balaban J connectivity index is 1.52. The number of allylic oxidation sites excluding steroid dienone is 1. The van der Waals surface area contributed by atoms with E-state index in [1.54, 1.807) is 24.3 Å². The molecular formula is C22H16O3. The van der Waals surface area contributed by atoms with E-state index >= 15 is 0 Å². The summed E-state index contributed by atoms with van der Waals surface area (Å²) in [4.78, 5) is 12.5. The van der Waals surface area contributed by atoms with Gasteiger partial charge in [-0.2, -0.15) is 0 Å². The number of rotatable bonds is 4. The Morgan fingerprint density at radius 1 is 0.880 bits per heavy atom. The SMILES string of the molecule is O=C1C(=Cc2ccccc2)Oc2cc(OCc3ccccc3)ccc21. The molecule has 1 heterocycles. The first-order valence-electron chi connectivity index (χ1n) is 8.10. The Labute approximate surface area is 146 Å². The van der Waals surface area contributed by atoms with Crippen LogP contribution in [0.15, 0.2) is 84.6 Å². The molecule has 3 heteroatoms. The number of fused-ring (bicyclic) bond motifs is 1. The van der Waals surface area contributed by atoms with Crippen molar-refractivity contribution in [3.63, 3.8) is 0 Å². The lowest BCUT2D eigenvalue weighted by Crippen LogP contribution is -1.97. The molecule has 0 aromatic heterocycles. The van der Waals surface area contributed by atoms with Crippen molar-refractivity contribution in [2.75, 3.05) is 0 Å². The van der Waals surface area contributed by atoms with Crippen LogP contribution in [0.2, 0.25) is 0 Å². The average molecular weight is 328 g/mol. The lowest BCUT2D eigenvalue weighted by atomic mass is 10.1. The summed E-state index contributed by atoms with van der Waals surface area (Å²) in [6.07, 6.45) is 1.76. The molecule has 3 nitrogen and oxygen atoms in total. The molecule has 0 spiro atoms. The molecule has 0 N–H and O–H groups in total. The fourth-order valence-electron chi connectivity index (χ4n) is 2.70. The summed E-state index contributed by atoms with van der Waals surface area (Å²) < 4.78 is 11.5. The third kappa shape index (κ3) is 3.31. The molecule has 1 aliphatic heterocycles. The van der Waals surface area contributed by atoms with Gasteiger partial charge in [-0.1, -0.05) is 60.7 Å². The van der Waals surface area contributed by atoms with Crippen LogP contribution in [-0.2, 0) is 6.61 Å². The van der Waals surface area contributed by atoms with E-state index in [1.165, 1.54) is 0 Å². The number of benzene rings is 3. The van der Waals surface area contributed by atoms with Gasteiger partial charge in [0.1, 0.15) is 18.1 Å². The van der Waals surface area contributed by atoms with Crippen LogP contribution in [-0.4, -0.2) is 5.78 Å². The predicted molar refractivity (Wildman–Crippen MR) is 96.6 cm³/mol. The molecule has 0 unspecified atom stereocenters. The summed E-state index contributed by atoms with van der Waals surface area (Å²) in [5.41, 5.74) is 2.58. The first-order valence-corrected chi connectivity index (χ1v) is 8.10. The minimum absolute atomic E-state index is 0.103. The smallest absolute Gasteiger partial charge is 0.231 e. The van der Waals surface area contributed by atoms with E-state index < -0.39 is 0 Å². The molecule has 0 radical (unpaired) electrons. The van der Waals surface area contributed by atoms with Crippen molar-refractivity contribution < 1.29 is 14.3 Å². The van der Waals surface area contributed by atoms with Crippen molar-refractivity contribution in [1.82, 2.24) is 0 Å². The van der Waals surface area contributed by atoms with Gasteiger partial charge in [0, 0.05) is 6.07 Å².